The molecule has 0 amide bonds. The SMILES string of the molecule is CC(C)CCC[C@@H](C)[C@H]1CC[C@H]2[C@@H]3CC=C4C[C@@H](OCOc5ccc(Cl)cc5)CC[C@]4(C)[C@H]3CC[C@]12C. The van der Waals surface area contributed by atoms with E-state index in [-0.39, 0.29) is 6.10 Å². The minimum Gasteiger partial charge on any atom is -0.468 e. The highest BCUT2D eigenvalue weighted by Gasteiger charge is 2.59. The number of hydrogen-bond acceptors (Lipinski definition) is 2. The van der Waals surface area contributed by atoms with Gasteiger partial charge in [-0.2, -0.15) is 0 Å². The topological polar surface area (TPSA) is 18.5 Å². The molecule has 1 aromatic rings. The molecule has 206 valence electrons. The molecule has 0 bridgehead atoms. The first-order chi connectivity index (χ1) is 17.7. The van der Waals surface area contributed by atoms with Gasteiger partial charge in [0.1, 0.15) is 5.75 Å². The molecule has 0 aromatic heterocycles. The third kappa shape index (κ3) is 5.54. The average Bonchev–Trinajstić information content (AvgIpc) is 3.22. The molecule has 3 saturated carbocycles. The second-order valence-corrected chi connectivity index (χ2v) is 14.5. The van der Waals surface area contributed by atoms with E-state index in [1.807, 2.05) is 24.3 Å². The zero-order valence-electron chi connectivity index (χ0n) is 24.1. The van der Waals surface area contributed by atoms with Gasteiger partial charge in [0.2, 0.25) is 0 Å². The third-order valence-electron chi connectivity index (χ3n) is 11.6. The monoisotopic (exact) mass is 526 g/mol. The van der Waals surface area contributed by atoms with Crippen LogP contribution in [0, 0.1) is 46.3 Å². The number of halogens is 1. The fraction of sp³-hybridized carbons (Fsp3) is 0.765. The third-order valence-corrected chi connectivity index (χ3v) is 11.9. The lowest BCUT2D eigenvalue weighted by Gasteiger charge is -2.58. The summed E-state index contributed by atoms with van der Waals surface area (Å²) in [4.78, 5) is 0. The fourth-order valence-corrected chi connectivity index (χ4v) is 9.65. The predicted octanol–water partition coefficient (Wildman–Crippen LogP) is 10.1. The van der Waals surface area contributed by atoms with Gasteiger partial charge < -0.3 is 9.47 Å². The van der Waals surface area contributed by atoms with E-state index in [9.17, 15) is 0 Å². The van der Waals surface area contributed by atoms with Crippen LogP contribution >= 0.6 is 11.6 Å². The van der Waals surface area contributed by atoms with Crippen molar-refractivity contribution < 1.29 is 9.47 Å². The second kappa shape index (κ2) is 11.2. The summed E-state index contributed by atoms with van der Waals surface area (Å²) in [6.45, 7) is 13.0. The first kappa shape index (κ1) is 27.6. The van der Waals surface area contributed by atoms with Crippen LogP contribution < -0.4 is 4.74 Å². The number of allylic oxidation sites excluding steroid dienone is 1. The Morgan fingerprint density at radius 2 is 1.73 bits per heavy atom. The van der Waals surface area contributed by atoms with E-state index >= 15 is 0 Å². The predicted molar refractivity (Wildman–Crippen MR) is 155 cm³/mol. The highest BCUT2D eigenvalue weighted by molar-refractivity contribution is 6.30. The van der Waals surface area contributed by atoms with E-state index in [1.54, 1.807) is 5.57 Å². The minimum absolute atomic E-state index is 0.277. The zero-order valence-corrected chi connectivity index (χ0v) is 24.9. The molecule has 8 atom stereocenters. The van der Waals surface area contributed by atoms with E-state index in [1.165, 1.54) is 57.8 Å². The Kier molecular flexibility index (Phi) is 8.38. The number of ether oxygens (including phenoxy) is 2. The fourth-order valence-electron chi connectivity index (χ4n) is 9.52. The van der Waals surface area contributed by atoms with Crippen LogP contribution in [0.3, 0.4) is 0 Å². The van der Waals surface area contributed by atoms with Gasteiger partial charge in [0.25, 0.3) is 0 Å². The Bertz CT molecular complexity index is 938. The molecular weight excluding hydrogens is 476 g/mol. The molecule has 5 rings (SSSR count). The van der Waals surface area contributed by atoms with Gasteiger partial charge in [-0.25, -0.2) is 0 Å². The van der Waals surface area contributed by atoms with Crippen LogP contribution in [0.5, 0.6) is 5.75 Å². The second-order valence-electron chi connectivity index (χ2n) is 14.0. The van der Waals surface area contributed by atoms with Crippen molar-refractivity contribution in [2.45, 2.75) is 111 Å². The molecule has 0 spiro atoms. The smallest absolute Gasteiger partial charge is 0.189 e. The highest BCUT2D eigenvalue weighted by atomic mass is 35.5. The van der Waals surface area contributed by atoms with Gasteiger partial charge >= 0.3 is 0 Å². The molecule has 1 aromatic carbocycles. The summed E-state index contributed by atoms with van der Waals surface area (Å²) in [6, 6.07) is 7.54. The van der Waals surface area contributed by atoms with E-state index in [2.05, 4.69) is 40.7 Å². The van der Waals surface area contributed by atoms with E-state index in [0.717, 1.165) is 59.1 Å². The van der Waals surface area contributed by atoms with Crippen LogP contribution in [0.2, 0.25) is 5.02 Å². The molecule has 0 heterocycles. The number of hydrogen-bond donors (Lipinski definition) is 0. The molecule has 3 fully saturated rings. The van der Waals surface area contributed by atoms with Crippen LogP contribution in [0.1, 0.15) is 105 Å². The minimum atomic E-state index is 0.277. The highest BCUT2D eigenvalue weighted by Crippen LogP contribution is 2.67. The van der Waals surface area contributed by atoms with Crippen LogP contribution in [0.4, 0.5) is 0 Å². The lowest BCUT2D eigenvalue weighted by Crippen LogP contribution is -2.51. The van der Waals surface area contributed by atoms with Gasteiger partial charge in [-0.05, 0) is 122 Å². The largest absolute Gasteiger partial charge is 0.468 e. The van der Waals surface area contributed by atoms with Gasteiger partial charge in [-0.1, -0.05) is 77.1 Å². The first-order valence-corrected chi connectivity index (χ1v) is 15.8. The van der Waals surface area contributed by atoms with E-state index in [4.69, 9.17) is 21.1 Å². The Balaban J connectivity index is 1.19. The van der Waals surface area contributed by atoms with Gasteiger partial charge in [-0.3, -0.25) is 0 Å². The molecule has 4 aliphatic rings. The van der Waals surface area contributed by atoms with Crippen molar-refractivity contribution in [3.8, 4) is 5.75 Å². The molecule has 0 N–H and O–H groups in total. The van der Waals surface area contributed by atoms with Crippen molar-refractivity contribution in [1.29, 1.82) is 0 Å². The molecule has 0 radical (unpaired) electrons. The average molecular weight is 527 g/mol. The lowest BCUT2D eigenvalue weighted by atomic mass is 9.47. The Labute approximate surface area is 231 Å². The Hall–Kier alpha value is -0.990. The van der Waals surface area contributed by atoms with Crippen LogP contribution in [-0.2, 0) is 4.74 Å². The maximum absolute atomic E-state index is 6.22. The van der Waals surface area contributed by atoms with Crippen molar-refractivity contribution >= 4 is 11.6 Å². The summed E-state index contributed by atoms with van der Waals surface area (Å²) in [5.74, 6) is 6.18. The molecule has 2 nitrogen and oxygen atoms in total. The maximum atomic E-state index is 6.22. The van der Waals surface area contributed by atoms with Gasteiger partial charge in [0, 0.05) is 5.02 Å². The van der Waals surface area contributed by atoms with Gasteiger partial charge in [0.15, 0.2) is 6.79 Å². The Morgan fingerprint density at radius 1 is 0.946 bits per heavy atom. The lowest BCUT2D eigenvalue weighted by molar-refractivity contribution is -0.0814. The van der Waals surface area contributed by atoms with Crippen molar-refractivity contribution in [2.24, 2.45) is 46.3 Å². The molecular formula is C34H51ClO2. The summed E-state index contributed by atoms with van der Waals surface area (Å²) < 4.78 is 12.1. The zero-order chi connectivity index (χ0) is 26.2. The molecule has 4 aliphatic carbocycles. The maximum Gasteiger partial charge on any atom is 0.189 e. The summed E-state index contributed by atoms with van der Waals surface area (Å²) >= 11 is 5.99. The quantitative estimate of drug-likeness (QED) is 0.235. The van der Waals surface area contributed by atoms with Crippen molar-refractivity contribution in [2.75, 3.05) is 6.79 Å². The Morgan fingerprint density at radius 3 is 2.49 bits per heavy atom. The van der Waals surface area contributed by atoms with Crippen molar-refractivity contribution in [3.05, 3.63) is 40.9 Å². The van der Waals surface area contributed by atoms with Gasteiger partial charge in [0.05, 0.1) is 6.10 Å². The van der Waals surface area contributed by atoms with Gasteiger partial charge in [-0.15, -0.1) is 0 Å². The number of benzene rings is 1. The van der Waals surface area contributed by atoms with Crippen LogP contribution in [0.25, 0.3) is 0 Å². The summed E-state index contributed by atoms with van der Waals surface area (Å²) in [5.41, 5.74) is 2.64. The molecule has 37 heavy (non-hydrogen) atoms. The first-order valence-electron chi connectivity index (χ1n) is 15.4. The number of rotatable bonds is 9. The van der Waals surface area contributed by atoms with Crippen LogP contribution in [-0.4, -0.2) is 12.9 Å². The van der Waals surface area contributed by atoms with Crippen LogP contribution in [0.15, 0.2) is 35.9 Å². The van der Waals surface area contributed by atoms with E-state index < -0.39 is 0 Å². The summed E-state index contributed by atoms with van der Waals surface area (Å²) in [7, 11) is 0. The van der Waals surface area contributed by atoms with Crippen molar-refractivity contribution in [1.82, 2.24) is 0 Å². The molecule has 0 saturated heterocycles. The normalized spacial score (nSPS) is 37.9. The summed E-state index contributed by atoms with van der Waals surface area (Å²) in [5, 5.41) is 0.731. The molecule has 3 heteroatoms. The van der Waals surface area contributed by atoms with Crippen molar-refractivity contribution in [3.63, 3.8) is 0 Å². The molecule has 0 unspecified atom stereocenters. The standard InChI is InChI=1S/C34H51ClO2/c1-23(2)7-6-8-24(3)30-15-16-31-29-14-9-25-21-28(37-22-36-27-12-10-26(35)11-13-27)17-19-33(25,4)32(29)18-20-34(30,31)5/h9-13,23-24,28-32H,6-8,14-22H2,1-5H3/t24-,28+,29+,30-,31+,32+,33+,34-/m1/s1. The molecule has 0 aliphatic heterocycles. The van der Waals surface area contributed by atoms with E-state index in [0.29, 0.717) is 17.6 Å². The number of fused-ring (bicyclic) bond motifs is 5. The summed E-state index contributed by atoms with van der Waals surface area (Å²) in [6.07, 6.45) is 17.8.